The third kappa shape index (κ3) is 5.36. The van der Waals surface area contributed by atoms with E-state index in [1.54, 1.807) is 0 Å². The number of hydrogen-bond donors (Lipinski definition) is 0. The summed E-state index contributed by atoms with van der Waals surface area (Å²) in [5.41, 5.74) is 0. The Morgan fingerprint density at radius 2 is 1.42 bits per heavy atom. The van der Waals surface area contributed by atoms with Gasteiger partial charge in [-0.25, -0.2) is 4.79 Å². The molecule has 0 rings (SSSR count). The van der Waals surface area contributed by atoms with Gasteiger partial charge in [0.15, 0.2) is 0 Å². The Kier molecular flexibility index (Phi) is 7.16. The highest BCUT2D eigenvalue weighted by Gasteiger charge is 2.40. The molecular weight excluding hydrogens is 260 g/mol. The predicted octanol–water partition coefficient (Wildman–Crippen LogP) is -0.557. The minimum absolute atomic E-state index is 0.476. The van der Waals surface area contributed by atoms with E-state index in [1.165, 1.54) is 0 Å². The Balaban J connectivity index is 5.21. The van der Waals surface area contributed by atoms with Crippen molar-refractivity contribution < 1.29 is 38.1 Å². The van der Waals surface area contributed by atoms with Gasteiger partial charge in [-0.1, -0.05) is 0 Å². The molecule has 0 N–H and O–H groups in total. The van der Waals surface area contributed by atoms with Gasteiger partial charge in [-0.2, -0.15) is 0 Å². The van der Waals surface area contributed by atoms with E-state index in [4.69, 9.17) is 4.74 Å². The van der Waals surface area contributed by atoms with Crippen LogP contribution in [0.15, 0.2) is 0 Å². The molecule has 0 aromatic rings. The molecular formula is C11H16O8. The summed E-state index contributed by atoms with van der Waals surface area (Å²) in [5.74, 6) is -4.73. The fourth-order valence-corrected chi connectivity index (χ4v) is 1.32. The lowest BCUT2D eigenvalue weighted by Gasteiger charge is -2.21. The van der Waals surface area contributed by atoms with Crippen LogP contribution in [0.2, 0.25) is 0 Å². The predicted molar refractivity (Wildman–Crippen MR) is 59.7 cm³/mol. The lowest BCUT2D eigenvalue weighted by Crippen LogP contribution is -2.41. The van der Waals surface area contributed by atoms with Crippen molar-refractivity contribution in [2.24, 2.45) is 5.92 Å². The van der Waals surface area contributed by atoms with Gasteiger partial charge in [0.2, 0.25) is 6.10 Å². The fourth-order valence-electron chi connectivity index (χ4n) is 1.32. The smallest absolute Gasteiger partial charge is 0.348 e. The third-order valence-electron chi connectivity index (χ3n) is 2.21. The number of methoxy groups -OCH3 is 3. The topological polar surface area (TPSA) is 105 Å². The van der Waals surface area contributed by atoms with Crippen LogP contribution < -0.4 is 0 Å². The molecule has 2 unspecified atom stereocenters. The summed E-state index contributed by atoms with van der Waals surface area (Å²) in [4.78, 5) is 45.3. The average molecular weight is 276 g/mol. The Labute approximate surface area is 109 Å². The zero-order chi connectivity index (χ0) is 15.0. The van der Waals surface area contributed by atoms with E-state index in [0.29, 0.717) is 0 Å². The maximum atomic E-state index is 11.6. The summed E-state index contributed by atoms with van der Waals surface area (Å²) in [5, 5.41) is 0. The molecule has 8 nitrogen and oxygen atoms in total. The van der Waals surface area contributed by atoms with Crippen molar-refractivity contribution in [1.29, 1.82) is 0 Å². The highest BCUT2D eigenvalue weighted by atomic mass is 16.6. The maximum Gasteiger partial charge on any atom is 0.348 e. The Morgan fingerprint density at radius 3 is 1.79 bits per heavy atom. The normalized spacial score (nSPS) is 12.8. The molecule has 0 saturated carbocycles. The highest BCUT2D eigenvalue weighted by molar-refractivity contribution is 5.88. The quantitative estimate of drug-likeness (QED) is 0.469. The van der Waals surface area contributed by atoms with Crippen molar-refractivity contribution >= 4 is 23.9 Å². The van der Waals surface area contributed by atoms with Crippen molar-refractivity contribution in [3.8, 4) is 0 Å². The molecule has 0 aliphatic carbocycles. The molecule has 0 aliphatic heterocycles. The SMILES string of the molecule is COC(=O)CC(C(=O)OC)C(OC(C)=O)C(=O)OC. The lowest BCUT2D eigenvalue weighted by molar-refractivity contribution is -0.176. The summed E-state index contributed by atoms with van der Waals surface area (Å²) in [6.45, 7) is 1.06. The van der Waals surface area contributed by atoms with Gasteiger partial charge >= 0.3 is 23.9 Å². The van der Waals surface area contributed by atoms with Crippen LogP contribution in [0.3, 0.4) is 0 Å². The molecule has 0 aromatic carbocycles. The van der Waals surface area contributed by atoms with Crippen LogP contribution in [-0.2, 0) is 38.1 Å². The lowest BCUT2D eigenvalue weighted by atomic mass is 9.98. The van der Waals surface area contributed by atoms with Crippen LogP contribution >= 0.6 is 0 Å². The second kappa shape index (κ2) is 8.06. The van der Waals surface area contributed by atoms with E-state index in [-0.39, 0.29) is 0 Å². The van der Waals surface area contributed by atoms with Crippen LogP contribution in [0.5, 0.6) is 0 Å². The second-order valence-corrected chi connectivity index (χ2v) is 3.46. The number of carbonyl (C=O) groups excluding carboxylic acids is 4. The molecule has 0 fully saturated rings. The summed E-state index contributed by atoms with van der Waals surface area (Å²) in [6, 6.07) is 0. The van der Waals surface area contributed by atoms with E-state index < -0.39 is 42.3 Å². The number of ether oxygens (including phenoxy) is 4. The number of carbonyl (C=O) groups is 4. The Bertz CT molecular complexity index is 362. The molecule has 19 heavy (non-hydrogen) atoms. The van der Waals surface area contributed by atoms with Gasteiger partial charge in [0, 0.05) is 6.92 Å². The molecule has 0 radical (unpaired) electrons. The molecule has 108 valence electrons. The molecule has 0 amide bonds. The summed E-state index contributed by atoms with van der Waals surface area (Å²) in [7, 11) is 3.26. The number of esters is 4. The minimum atomic E-state index is -1.56. The Hall–Kier alpha value is -2.12. The van der Waals surface area contributed by atoms with Crippen molar-refractivity contribution in [3.63, 3.8) is 0 Å². The van der Waals surface area contributed by atoms with Crippen LogP contribution in [-0.4, -0.2) is 51.3 Å². The average Bonchev–Trinajstić information content (AvgIpc) is 2.40. The van der Waals surface area contributed by atoms with Gasteiger partial charge in [-0.05, 0) is 0 Å². The zero-order valence-electron chi connectivity index (χ0n) is 11.1. The van der Waals surface area contributed by atoms with Gasteiger partial charge in [0.25, 0.3) is 0 Å². The summed E-state index contributed by atoms with van der Waals surface area (Å²) < 4.78 is 18.0. The van der Waals surface area contributed by atoms with E-state index in [0.717, 1.165) is 28.3 Å². The van der Waals surface area contributed by atoms with Crippen LogP contribution in [0.1, 0.15) is 13.3 Å². The molecule has 0 heterocycles. The molecule has 0 saturated heterocycles. The van der Waals surface area contributed by atoms with E-state index in [1.807, 2.05) is 0 Å². The minimum Gasteiger partial charge on any atom is -0.469 e. The Morgan fingerprint density at radius 1 is 0.895 bits per heavy atom. The molecule has 0 spiro atoms. The molecule has 0 aromatic heterocycles. The van der Waals surface area contributed by atoms with Crippen LogP contribution in [0, 0.1) is 5.92 Å². The number of rotatable bonds is 6. The van der Waals surface area contributed by atoms with Gasteiger partial charge in [-0.15, -0.1) is 0 Å². The maximum absolute atomic E-state index is 11.6. The molecule has 8 heteroatoms. The summed E-state index contributed by atoms with van der Waals surface area (Å²) >= 11 is 0. The molecule has 0 bridgehead atoms. The van der Waals surface area contributed by atoms with Gasteiger partial charge in [0.05, 0.1) is 27.8 Å². The monoisotopic (exact) mass is 276 g/mol. The molecule has 2 atom stereocenters. The van der Waals surface area contributed by atoms with Crippen LogP contribution in [0.4, 0.5) is 0 Å². The van der Waals surface area contributed by atoms with Crippen LogP contribution in [0.25, 0.3) is 0 Å². The van der Waals surface area contributed by atoms with Crippen molar-refractivity contribution in [3.05, 3.63) is 0 Å². The van der Waals surface area contributed by atoms with E-state index in [9.17, 15) is 19.2 Å². The first-order chi connectivity index (χ1) is 8.87. The molecule has 0 aliphatic rings. The van der Waals surface area contributed by atoms with Gasteiger partial charge in [-0.3, -0.25) is 14.4 Å². The standard InChI is InChI=1S/C11H16O8/c1-6(12)19-9(11(15)18-4)7(10(14)17-3)5-8(13)16-2/h7,9H,5H2,1-4H3. The van der Waals surface area contributed by atoms with Crippen molar-refractivity contribution in [2.75, 3.05) is 21.3 Å². The fraction of sp³-hybridized carbons (Fsp3) is 0.636. The second-order valence-electron chi connectivity index (χ2n) is 3.46. The van der Waals surface area contributed by atoms with E-state index >= 15 is 0 Å². The van der Waals surface area contributed by atoms with Gasteiger partial charge in [0.1, 0.15) is 5.92 Å². The summed E-state index contributed by atoms with van der Waals surface area (Å²) in [6.07, 6.45) is -2.04. The van der Waals surface area contributed by atoms with Gasteiger partial charge < -0.3 is 18.9 Å². The van der Waals surface area contributed by atoms with Crippen molar-refractivity contribution in [2.45, 2.75) is 19.4 Å². The third-order valence-corrected chi connectivity index (χ3v) is 2.21. The highest BCUT2D eigenvalue weighted by Crippen LogP contribution is 2.17. The first kappa shape index (κ1) is 16.9. The zero-order valence-corrected chi connectivity index (χ0v) is 11.1. The largest absolute Gasteiger partial charge is 0.469 e. The van der Waals surface area contributed by atoms with E-state index in [2.05, 4.69) is 14.2 Å². The van der Waals surface area contributed by atoms with Crippen molar-refractivity contribution in [1.82, 2.24) is 0 Å². The number of hydrogen-bond acceptors (Lipinski definition) is 8. The first-order valence-electron chi connectivity index (χ1n) is 5.27. The first-order valence-corrected chi connectivity index (χ1v) is 5.27.